The molecule has 3 aliphatic rings. The molecule has 0 spiro atoms. The Morgan fingerprint density at radius 2 is 0.627 bits per heavy atom. The fraction of sp³-hybridized carbons (Fsp3) is 0.125. The van der Waals surface area contributed by atoms with Gasteiger partial charge in [0.25, 0.3) is 0 Å². The summed E-state index contributed by atoms with van der Waals surface area (Å²) in [5, 5.41) is 0. The van der Waals surface area contributed by atoms with E-state index in [0.717, 1.165) is 32.7 Å². The average Bonchev–Trinajstić information content (AvgIpc) is 3.75. The Labute approximate surface area is 325 Å². The highest BCUT2D eigenvalue weighted by Gasteiger charge is 2.46. The number of fused-ring (bicyclic) bond motifs is 12. The monoisotopic (exact) mass is 846 g/mol. The lowest BCUT2D eigenvalue weighted by Crippen LogP contribution is -2.09. The van der Waals surface area contributed by atoms with Crippen LogP contribution in [-0.4, -0.2) is 0 Å². The van der Waals surface area contributed by atoms with E-state index in [4.69, 9.17) is 0 Å². The molecule has 0 N–H and O–H groups in total. The van der Waals surface area contributed by atoms with Gasteiger partial charge in [-0.15, -0.1) is 0 Å². The predicted octanol–water partition coefficient (Wildman–Crippen LogP) is 14.0. The van der Waals surface area contributed by atoms with Gasteiger partial charge in [-0.25, -0.2) is 0 Å². The zero-order valence-corrected chi connectivity index (χ0v) is 32.6. The summed E-state index contributed by atoms with van der Waals surface area (Å²) < 4.78 is 3.40. The van der Waals surface area contributed by atoms with E-state index in [1.807, 2.05) is 0 Å². The molecule has 0 radical (unpaired) electrons. The van der Waals surface area contributed by atoms with Gasteiger partial charge >= 0.3 is 0 Å². The Balaban J connectivity index is 1.31. The first-order chi connectivity index (χ1) is 25.0. The van der Waals surface area contributed by atoms with E-state index in [9.17, 15) is 0 Å². The summed E-state index contributed by atoms with van der Waals surface area (Å²) in [5.74, 6) is 0.743. The molecule has 10 rings (SSSR count). The van der Waals surface area contributed by atoms with Gasteiger partial charge in [-0.1, -0.05) is 157 Å². The molecule has 0 heterocycles. The van der Waals surface area contributed by atoms with Crippen molar-refractivity contribution in [1.29, 1.82) is 0 Å². The minimum Gasteiger partial charge on any atom is -0.0619 e. The van der Waals surface area contributed by atoms with Crippen LogP contribution in [0.15, 0.2) is 159 Å². The van der Waals surface area contributed by atoms with Crippen LogP contribution < -0.4 is 0 Å². The largest absolute Gasteiger partial charge is 0.0619 e. The number of rotatable bonds is 6. The molecule has 0 fully saturated rings. The molecule has 51 heavy (non-hydrogen) atoms. The molecule has 0 amide bonds. The zero-order valence-electron chi connectivity index (χ0n) is 27.8. The lowest BCUT2D eigenvalue weighted by molar-refractivity contribution is 0.801. The quantitative estimate of drug-likeness (QED) is 0.156. The van der Waals surface area contributed by atoms with E-state index in [1.54, 1.807) is 0 Å². The number of hydrogen-bond acceptors (Lipinski definition) is 0. The highest BCUT2D eigenvalue weighted by Crippen LogP contribution is 2.65. The van der Waals surface area contributed by atoms with Crippen molar-refractivity contribution in [3.63, 3.8) is 0 Å². The Bertz CT molecular complexity index is 2230. The summed E-state index contributed by atoms with van der Waals surface area (Å²) >= 11 is 11.4. The van der Waals surface area contributed by atoms with Gasteiger partial charge in [-0.05, 0) is 139 Å². The Morgan fingerprint density at radius 3 is 0.922 bits per heavy atom. The molecular formula is C48H33Br3. The number of halogens is 3. The first kappa shape index (κ1) is 31.7. The third kappa shape index (κ3) is 5.18. The summed E-state index contributed by atoms with van der Waals surface area (Å²) in [4.78, 5) is 0. The lowest BCUT2D eigenvalue weighted by Gasteiger charge is -2.25. The topological polar surface area (TPSA) is 0 Å². The molecule has 0 nitrogen and oxygen atoms in total. The zero-order chi connectivity index (χ0) is 34.2. The highest BCUT2D eigenvalue weighted by atomic mass is 79.9. The summed E-state index contributed by atoms with van der Waals surface area (Å²) in [6.07, 6.45) is 2.86. The van der Waals surface area contributed by atoms with Crippen LogP contribution in [0.1, 0.15) is 67.8 Å². The van der Waals surface area contributed by atoms with Crippen LogP contribution in [0.5, 0.6) is 0 Å². The lowest BCUT2D eigenvalue weighted by atomic mass is 9.78. The van der Waals surface area contributed by atoms with Gasteiger partial charge in [0.1, 0.15) is 0 Å². The Kier molecular flexibility index (Phi) is 7.82. The van der Waals surface area contributed by atoms with Gasteiger partial charge in [-0.2, -0.15) is 0 Å². The van der Waals surface area contributed by atoms with Gasteiger partial charge in [0.15, 0.2) is 0 Å². The smallest absolute Gasteiger partial charge is 0.0178 e. The van der Waals surface area contributed by atoms with E-state index in [-0.39, 0.29) is 17.8 Å². The minimum atomic E-state index is 0.248. The van der Waals surface area contributed by atoms with Gasteiger partial charge in [0.05, 0.1) is 0 Å². The minimum absolute atomic E-state index is 0.248. The van der Waals surface area contributed by atoms with Crippen LogP contribution in [0.4, 0.5) is 0 Å². The van der Waals surface area contributed by atoms with Crippen molar-refractivity contribution in [3.8, 4) is 33.4 Å². The van der Waals surface area contributed by atoms with Crippen LogP contribution in [-0.2, 0) is 19.3 Å². The molecule has 7 aromatic rings. The Hall–Kier alpha value is -4.02. The Morgan fingerprint density at radius 1 is 0.333 bits per heavy atom. The van der Waals surface area contributed by atoms with Gasteiger partial charge in [0, 0.05) is 31.2 Å². The second-order valence-corrected chi connectivity index (χ2v) is 17.0. The molecule has 7 aromatic carbocycles. The molecule has 3 heteroatoms. The maximum Gasteiger partial charge on any atom is 0.0178 e. The molecule has 246 valence electrons. The molecule has 0 aromatic heterocycles. The summed E-state index contributed by atoms with van der Waals surface area (Å²) in [6.45, 7) is 0. The SMILES string of the molecule is Brc1cccc(C[C@@H]2c3ccccc3-c3c2c2c(c4c3[C@@H](Cc3cccc(Br)c3)c3ccccc3-4)[C@H](Cc3cccc(Br)c3)c3ccccc3-2)c1. The van der Waals surface area contributed by atoms with Crippen molar-refractivity contribution in [2.45, 2.75) is 37.0 Å². The van der Waals surface area contributed by atoms with Crippen LogP contribution >= 0.6 is 47.8 Å². The van der Waals surface area contributed by atoms with Crippen LogP contribution in [0, 0.1) is 0 Å². The number of benzene rings is 7. The second kappa shape index (κ2) is 12.6. The predicted molar refractivity (Wildman–Crippen MR) is 222 cm³/mol. The van der Waals surface area contributed by atoms with E-state index in [2.05, 4.69) is 193 Å². The normalized spacial score (nSPS) is 17.4. The molecule has 0 bridgehead atoms. The molecule has 3 atom stereocenters. The van der Waals surface area contributed by atoms with Crippen molar-refractivity contribution >= 4 is 47.8 Å². The fourth-order valence-corrected chi connectivity index (χ4v) is 11.0. The van der Waals surface area contributed by atoms with Gasteiger partial charge in [0.2, 0.25) is 0 Å². The number of hydrogen-bond donors (Lipinski definition) is 0. The molecular weight excluding hydrogens is 816 g/mol. The third-order valence-electron chi connectivity index (χ3n) is 11.5. The first-order valence-corrected chi connectivity index (χ1v) is 20.2. The molecule has 0 aliphatic heterocycles. The van der Waals surface area contributed by atoms with E-state index >= 15 is 0 Å². The van der Waals surface area contributed by atoms with Gasteiger partial charge in [-0.3, -0.25) is 0 Å². The maximum absolute atomic E-state index is 3.79. The average molecular weight is 850 g/mol. The fourth-order valence-electron chi connectivity index (χ4n) is 9.61. The van der Waals surface area contributed by atoms with Crippen LogP contribution in [0.25, 0.3) is 33.4 Å². The molecule has 3 aliphatic carbocycles. The van der Waals surface area contributed by atoms with E-state index in [1.165, 1.54) is 83.5 Å². The standard InChI is InChI=1S/C48H33Br3/c49-31-13-7-10-28(22-31)25-40-34-16-1-4-19-37(34)43-46(40)44-38-20-5-2-17-35(38)42(27-30-12-9-15-33(51)24-30)48(44)45-39-21-6-3-18-36(39)41(47(43)45)26-29-11-8-14-32(50)23-29/h1-24,40-42H,25-27H2/t40-,41-,42+/m1/s1. The summed E-state index contributed by atoms with van der Waals surface area (Å²) in [6, 6.07) is 54.7. The van der Waals surface area contributed by atoms with Crippen molar-refractivity contribution in [2.75, 3.05) is 0 Å². The molecule has 0 saturated heterocycles. The second-order valence-electron chi connectivity index (χ2n) is 14.3. The maximum atomic E-state index is 3.79. The van der Waals surface area contributed by atoms with Gasteiger partial charge < -0.3 is 0 Å². The van der Waals surface area contributed by atoms with E-state index < -0.39 is 0 Å². The third-order valence-corrected chi connectivity index (χ3v) is 12.9. The van der Waals surface area contributed by atoms with Crippen molar-refractivity contribution in [1.82, 2.24) is 0 Å². The van der Waals surface area contributed by atoms with Crippen molar-refractivity contribution < 1.29 is 0 Å². The summed E-state index contributed by atoms with van der Waals surface area (Å²) in [5.41, 5.74) is 21.7. The molecule has 0 saturated carbocycles. The van der Waals surface area contributed by atoms with Crippen molar-refractivity contribution in [2.24, 2.45) is 0 Å². The highest BCUT2D eigenvalue weighted by molar-refractivity contribution is 9.11. The van der Waals surface area contributed by atoms with E-state index in [0.29, 0.717) is 0 Å². The first-order valence-electron chi connectivity index (χ1n) is 17.8. The van der Waals surface area contributed by atoms with Crippen LogP contribution in [0.2, 0.25) is 0 Å². The summed E-state index contributed by atoms with van der Waals surface area (Å²) in [7, 11) is 0. The van der Waals surface area contributed by atoms with Crippen LogP contribution in [0.3, 0.4) is 0 Å². The van der Waals surface area contributed by atoms with Crippen molar-refractivity contribution in [3.05, 3.63) is 209 Å². The molecule has 0 unspecified atom stereocenters.